The molecule has 0 aromatic heterocycles. The van der Waals surface area contributed by atoms with Gasteiger partial charge in [-0.15, -0.1) is 0 Å². The van der Waals surface area contributed by atoms with Crippen molar-refractivity contribution in [1.82, 2.24) is 0 Å². The summed E-state index contributed by atoms with van der Waals surface area (Å²) in [5.74, 6) is 2.94. The summed E-state index contributed by atoms with van der Waals surface area (Å²) in [5, 5.41) is 8.80. The lowest BCUT2D eigenvalue weighted by Gasteiger charge is -2.41. The van der Waals surface area contributed by atoms with Crippen molar-refractivity contribution < 1.29 is 9.53 Å². The van der Waals surface area contributed by atoms with Crippen molar-refractivity contribution in [2.75, 3.05) is 0 Å². The van der Waals surface area contributed by atoms with E-state index >= 15 is 0 Å². The van der Waals surface area contributed by atoms with Gasteiger partial charge in [-0.05, 0) is 74.1 Å². The first-order valence-electron chi connectivity index (χ1n) is 8.91. The Morgan fingerprint density at radius 3 is 2.52 bits per heavy atom. The Morgan fingerprint density at radius 2 is 1.83 bits per heavy atom. The van der Waals surface area contributed by atoms with E-state index in [4.69, 9.17) is 10.00 Å². The van der Waals surface area contributed by atoms with Crippen LogP contribution in [0.5, 0.6) is 5.75 Å². The second-order valence-corrected chi connectivity index (χ2v) is 7.17. The van der Waals surface area contributed by atoms with Crippen molar-refractivity contribution in [3.8, 4) is 11.8 Å². The number of hydrogen-bond donors (Lipinski definition) is 0. The van der Waals surface area contributed by atoms with E-state index in [9.17, 15) is 4.79 Å². The molecule has 2 aliphatic rings. The molecule has 3 rings (SSSR count). The van der Waals surface area contributed by atoms with Gasteiger partial charge in [0.15, 0.2) is 0 Å². The van der Waals surface area contributed by atoms with E-state index in [-0.39, 0.29) is 11.9 Å². The topological polar surface area (TPSA) is 50.1 Å². The molecule has 3 nitrogen and oxygen atoms in total. The monoisotopic (exact) mass is 311 g/mol. The van der Waals surface area contributed by atoms with Crippen LogP contribution in [0.4, 0.5) is 0 Å². The maximum atomic E-state index is 12.4. The summed E-state index contributed by atoms with van der Waals surface area (Å²) >= 11 is 0. The van der Waals surface area contributed by atoms with Gasteiger partial charge in [-0.3, -0.25) is 4.79 Å². The maximum Gasteiger partial charge on any atom is 0.314 e. The molecule has 0 aliphatic heterocycles. The van der Waals surface area contributed by atoms with Crippen LogP contribution in [-0.4, -0.2) is 5.97 Å². The van der Waals surface area contributed by atoms with Gasteiger partial charge in [0.1, 0.15) is 5.75 Å². The minimum absolute atomic E-state index is 0.0464. The van der Waals surface area contributed by atoms with Crippen molar-refractivity contribution in [3.05, 3.63) is 29.8 Å². The lowest BCUT2D eigenvalue weighted by Crippen LogP contribution is -2.35. The highest BCUT2D eigenvalue weighted by atomic mass is 16.5. The number of nitriles is 1. The molecule has 1 aromatic rings. The van der Waals surface area contributed by atoms with Gasteiger partial charge >= 0.3 is 5.97 Å². The van der Waals surface area contributed by atoms with Gasteiger partial charge in [-0.25, -0.2) is 0 Å². The van der Waals surface area contributed by atoms with Crippen LogP contribution in [0.25, 0.3) is 0 Å². The molecule has 0 bridgehead atoms. The lowest BCUT2D eigenvalue weighted by molar-refractivity contribution is -0.141. The summed E-state index contributed by atoms with van der Waals surface area (Å²) in [5.41, 5.74) is 0.581. The van der Waals surface area contributed by atoms with Crippen LogP contribution in [0.2, 0.25) is 0 Å². The molecular formula is C20H25NO2. The van der Waals surface area contributed by atoms with Gasteiger partial charge in [-0.2, -0.15) is 5.26 Å². The average molecular weight is 311 g/mol. The highest BCUT2D eigenvalue weighted by Crippen LogP contribution is 2.45. The Labute approximate surface area is 138 Å². The van der Waals surface area contributed by atoms with E-state index in [1.807, 2.05) is 0 Å². The molecule has 0 heterocycles. The SMILES string of the molecule is CCC1CCC2C[C@H](C(=O)Oc3ccc(C#N)cc3)CC[C@@H]2C1. The van der Waals surface area contributed by atoms with Crippen LogP contribution in [0.3, 0.4) is 0 Å². The van der Waals surface area contributed by atoms with Crippen LogP contribution in [-0.2, 0) is 4.79 Å². The third-order valence-electron chi connectivity index (χ3n) is 5.83. The zero-order chi connectivity index (χ0) is 16.2. The van der Waals surface area contributed by atoms with Crippen molar-refractivity contribution in [3.63, 3.8) is 0 Å². The predicted molar refractivity (Wildman–Crippen MR) is 88.7 cm³/mol. The minimum Gasteiger partial charge on any atom is -0.426 e. The van der Waals surface area contributed by atoms with Gasteiger partial charge in [-0.1, -0.05) is 19.8 Å². The molecule has 0 radical (unpaired) electrons. The highest BCUT2D eigenvalue weighted by Gasteiger charge is 2.37. The van der Waals surface area contributed by atoms with E-state index in [0.29, 0.717) is 17.2 Å². The van der Waals surface area contributed by atoms with Gasteiger partial charge in [0.25, 0.3) is 0 Å². The number of hydrogen-bond acceptors (Lipinski definition) is 3. The van der Waals surface area contributed by atoms with E-state index < -0.39 is 0 Å². The molecule has 4 atom stereocenters. The Bertz CT molecular complexity index is 587. The second-order valence-electron chi connectivity index (χ2n) is 7.17. The zero-order valence-electron chi connectivity index (χ0n) is 13.8. The fraction of sp³-hybridized carbons (Fsp3) is 0.600. The van der Waals surface area contributed by atoms with Crippen LogP contribution in [0.1, 0.15) is 57.4 Å². The fourth-order valence-electron chi connectivity index (χ4n) is 4.37. The lowest BCUT2D eigenvalue weighted by atomic mass is 9.64. The highest BCUT2D eigenvalue weighted by molar-refractivity contribution is 5.75. The first-order valence-corrected chi connectivity index (χ1v) is 8.91. The number of esters is 1. The quantitative estimate of drug-likeness (QED) is 0.600. The third kappa shape index (κ3) is 3.75. The van der Waals surface area contributed by atoms with Gasteiger partial charge in [0.2, 0.25) is 0 Å². The first kappa shape index (κ1) is 16.1. The Morgan fingerprint density at radius 1 is 1.13 bits per heavy atom. The van der Waals surface area contributed by atoms with Crippen molar-refractivity contribution >= 4 is 5.97 Å². The summed E-state index contributed by atoms with van der Waals surface area (Å²) in [6.45, 7) is 2.30. The van der Waals surface area contributed by atoms with Gasteiger partial charge in [0, 0.05) is 0 Å². The predicted octanol–water partition coefficient (Wildman–Crippen LogP) is 4.71. The summed E-state index contributed by atoms with van der Waals surface area (Å²) in [4.78, 5) is 12.4. The van der Waals surface area contributed by atoms with Gasteiger partial charge < -0.3 is 4.74 Å². The van der Waals surface area contributed by atoms with E-state index in [1.54, 1.807) is 24.3 Å². The molecule has 0 amide bonds. The number of carbonyl (C=O) groups is 1. The molecule has 1 aromatic carbocycles. The third-order valence-corrected chi connectivity index (χ3v) is 5.83. The number of rotatable bonds is 3. The normalized spacial score (nSPS) is 30.1. The van der Waals surface area contributed by atoms with Crippen LogP contribution in [0.15, 0.2) is 24.3 Å². The fourth-order valence-corrected chi connectivity index (χ4v) is 4.37. The smallest absolute Gasteiger partial charge is 0.314 e. The number of nitrogens with zero attached hydrogens (tertiary/aromatic N) is 1. The Hall–Kier alpha value is -1.82. The van der Waals surface area contributed by atoms with Crippen molar-refractivity contribution in [2.24, 2.45) is 23.7 Å². The standard InChI is InChI=1S/C20H25NO2/c1-2-14-3-6-17-12-18(8-7-16(17)11-14)20(22)23-19-9-4-15(13-21)5-10-19/h4-5,9-10,14,16-18H,2-3,6-8,11-12H2,1H3/t14?,16-,17?,18-/m1/s1. The zero-order valence-corrected chi connectivity index (χ0v) is 13.8. The number of ether oxygens (including phenoxy) is 1. The van der Waals surface area contributed by atoms with Crippen LogP contribution < -0.4 is 4.74 Å². The average Bonchev–Trinajstić information content (AvgIpc) is 2.61. The summed E-state index contributed by atoms with van der Waals surface area (Å²) in [6, 6.07) is 8.85. The number of carbonyl (C=O) groups excluding carboxylic acids is 1. The first-order chi connectivity index (χ1) is 11.2. The molecule has 0 N–H and O–H groups in total. The number of benzene rings is 1. The molecule has 2 saturated carbocycles. The molecule has 2 aliphatic carbocycles. The van der Waals surface area contributed by atoms with E-state index in [0.717, 1.165) is 24.7 Å². The molecule has 2 fully saturated rings. The second kappa shape index (κ2) is 7.17. The molecule has 122 valence electrons. The molecule has 3 heteroatoms. The Balaban J connectivity index is 1.56. The Kier molecular flexibility index (Phi) is 5.00. The molecule has 23 heavy (non-hydrogen) atoms. The molecule has 0 saturated heterocycles. The molecular weight excluding hydrogens is 286 g/mol. The summed E-state index contributed by atoms with van der Waals surface area (Å²) in [6.07, 6.45) is 8.40. The van der Waals surface area contributed by atoms with Crippen molar-refractivity contribution in [2.45, 2.75) is 51.9 Å². The van der Waals surface area contributed by atoms with Crippen molar-refractivity contribution in [1.29, 1.82) is 5.26 Å². The molecule has 2 unspecified atom stereocenters. The van der Waals surface area contributed by atoms with Crippen LogP contribution in [0, 0.1) is 35.0 Å². The van der Waals surface area contributed by atoms with Gasteiger partial charge in [0.05, 0.1) is 17.6 Å². The summed E-state index contributed by atoms with van der Waals surface area (Å²) < 4.78 is 5.53. The molecule has 0 spiro atoms. The maximum absolute atomic E-state index is 12.4. The largest absolute Gasteiger partial charge is 0.426 e. The number of fused-ring (bicyclic) bond motifs is 1. The van der Waals surface area contributed by atoms with Crippen LogP contribution >= 0.6 is 0 Å². The minimum atomic E-state index is -0.0919. The summed E-state index contributed by atoms with van der Waals surface area (Å²) in [7, 11) is 0. The van der Waals surface area contributed by atoms with E-state index in [1.165, 1.54) is 32.1 Å². The van der Waals surface area contributed by atoms with E-state index in [2.05, 4.69) is 13.0 Å².